The third-order valence-corrected chi connectivity index (χ3v) is 11.3. The Labute approximate surface area is 407 Å². The molecule has 376 valence electrons. The van der Waals surface area contributed by atoms with E-state index >= 15 is 0 Å². The van der Waals surface area contributed by atoms with Gasteiger partial charge >= 0.3 is 17.9 Å². The third kappa shape index (κ3) is 51.3. The number of hydrogen-bond donors (Lipinski definition) is 0. The zero-order valence-electron chi connectivity index (χ0n) is 42.9. The van der Waals surface area contributed by atoms with Crippen LogP contribution in [-0.4, -0.2) is 37.2 Å². The standard InChI is InChI=1S/C60H100O6/c1-4-7-10-13-16-19-22-25-27-29-30-32-34-36-39-41-44-47-50-53-59(62)65-56-57(66-60(63)54-51-48-45-42-37-24-21-18-15-12-9-6-3)55-64-58(61)52-49-46-43-40-38-35-33-31-28-26-23-20-17-14-11-8-5-2/h7,10,16,19,25-28,30,32-33,35-36,39-40,43,57H,4-6,8-9,11-15,17-18,20-24,29,31,34,37-38,41-42,44-56H2,1-3H3/b10-7-,19-16-,27-25-,28-26-,32-30-,35-33-,39-36-,43-40-/t57-/m0/s1. The SMILES string of the molecule is CC/C=C\C/C=C\C/C=C\C/C=C\C/C=C\CCCCCC(=O)OC[C@H](COC(=O)CCC/C=C\C/C=C\C/C=C\CCCCCCCC)OC(=O)CCCCCCCCCCCCCC. The minimum Gasteiger partial charge on any atom is -0.462 e. The average molecular weight is 917 g/mol. The molecule has 0 rings (SSSR count). The summed E-state index contributed by atoms with van der Waals surface area (Å²) in [4.78, 5) is 38.0. The molecule has 0 aromatic carbocycles. The predicted octanol–water partition coefficient (Wildman–Crippen LogP) is 18.1. The zero-order chi connectivity index (χ0) is 47.9. The van der Waals surface area contributed by atoms with Gasteiger partial charge in [0.15, 0.2) is 6.10 Å². The molecule has 6 heteroatoms. The second-order valence-corrected chi connectivity index (χ2v) is 17.8. The molecule has 0 heterocycles. The van der Waals surface area contributed by atoms with Crippen molar-refractivity contribution in [2.75, 3.05) is 13.2 Å². The number of hydrogen-bond acceptors (Lipinski definition) is 6. The summed E-state index contributed by atoms with van der Waals surface area (Å²) >= 11 is 0. The number of carbonyl (C=O) groups excluding carboxylic acids is 3. The van der Waals surface area contributed by atoms with Gasteiger partial charge in [-0.25, -0.2) is 0 Å². The first-order valence-corrected chi connectivity index (χ1v) is 27.2. The van der Waals surface area contributed by atoms with E-state index in [0.29, 0.717) is 19.3 Å². The summed E-state index contributed by atoms with van der Waals surface area (Å²) in [5, 5.41) is 0. The molecule has 0 fully saturated rings. The van der Waals surface area contributed by atoms with E-state index in [4.69, 9.17) is 14.2 Å². The number of carbonyl (C=O) groups is 3. The molecule has 0 unspecified atom stereocenters. The highest BCUT2D eigenvalue weighted by Gasteiger charge is 2.19. The van der Waals surface area contributed by atoms with E-state index in [2.05, 4.69) is 118 Å². The number of esters is 3. The van der Waals surface area contributed by atoms with Crippen molar-refractivity contribution in [3.05, 3.63) is 97.2 Å². The minimum atomic E-state index is -0.810. The molecule has 66 heavy (non-hydrogen) atoms. The van der Waals surface area contributed by atoms with Crippen LogP contribution in [0.5, 0.6) is 0 Å². The van der Waals surface area contributed by atoms with Crippen molar-refractivity contribution in [2.45, 2.75) is 252 Å². The van der Waals surface area contributed by atoms with Crippen LogP contribution < -0.4 is 0 Å². The van der Waals surface area contributed by atoms with Crippen molar-refractivity contribution in [1.82, 2.24) is 0 Å². The van der Waals surface area contributed by atoms with E-state index in [9.17, 15) is 14.4 Å². The number of ether oxygens (including phenoxy) is 3. The quantitative estimate of drug-likeness (QED) is 0.0262. The van der Waals surface area contributed by atoms with Gasteiger partial charge in [-0.05, 0) is 96.3 Å². The monoisotopic (exact) mass is 917 g/mol. The highest BCUT2D eigenvalue weighted by Crippen LogP contribution is 2.14. The molecular weight excluding hydrogens is 817 g/mol. The lowest BCUT2D eigenvalue weighted by Crippen LogP contribution is -2.30. The molecule has 0 saturated carbocycles. The highest BCUT2D eigenvalue weighted by atomic mass is 16.6. The Morgan fingerprint density at radius 3 is 1.00 bits per heavy atom. The predicted molar refractivity (Wildman–Crippen MR) is 284 cm³/mol. The Balaban J connectivity index is 4.49. The summed E-state index contributed by atoms with van der Waals surface area (Å²) in [5.41, 5.74) is 0. The Kier molecular flexibility index (Phi) is 50.9. The van der Waals surface area contributed by atoms with Crippen LogP contribution in [0.15, 0.2) is 97.2 Å². The van der Waals surface area contributed by atoms with Gasteiger partial charge in [0.2, 0.25) is 0 Å². The van der Waals surface area contributed by atoms with Crippen LogP contribution >= 0.6 is 0 Å². The molecule has 0 aliphatic carbocycles. The third-order valence-electron chi connectivity index (χ3n) is 11.3. The molecule has 0 aromatic rings. The highest BCUT2D eigenvalue weighted by molar-refractivity contribution is 5.71. The number of unbranched alkanes of at least 4 members (excludes halogenated alkanes) is 21. The van der Waals surface area contributed by atoms with Gasteiger partial charge in [0.05, 0.1) is 0 Å². The van der Waals surface area contributed by atoms with Crippen LogP contribution in [0.3, 0.4) is 0 Å². The molecular formula is C60H100O6. The summed E-state index contributed by atoms with van der Waals surface area (Å²) in [6.07, 6.45) is 71.1. The molecule has 0 aromatic heterocycles. The minimum absolute atomic E-state index is 0.110. The summed E-state index contributed by atoms with van der Waals surface area (Å²) < 4.78 is 16.8. The number of rotatable bonds is 48. The molecule has 0 bridgehead atoms. The molecule has 0 aliphatic rings. The van der Waals surface area contributed by atoms with Crippen LogP contribution in [-0.2, 0) is 28.6 Å². The van der Waals surface area contributed by atoms with Crippen molar-refractivity contribution in [3.63, 3.8) is 0 Å². The Morgan fingerprint density at radius 2 is 0.606 bits per heavy atom. The average Bonchev–Trinajstić information content (AvgIpc) is 3.31. The van der Waals surface area contributed by atoms with Gasteiger partial charge in [0.1, 0.15) is 13.2 Å². The van der Waals surface area contributed by atoms with Gasteiger partial charge < -0.3 is 14.2 Å². The van der Waals surface area contributed by atoms with Gasteiger partial charge in [-0.1, -0.05) is 227 Å². The maximum absolute atomic E-state index is 12.8. The molecule has 6 nitrogen and oxygen atoms in total. The second-order valence-electron chi connectivity index (χ2n) is 17.8. The second kappa shape index (κ2) is 53.9. The molecule has 0 aliphatic heterocycles. The summed E-state index contributed by atoms with van der Waals surface area (Å²) in [5.74, 6) is -0.991. The van der Waals surface area contributed by atoms with E-state index < -0.39 is 6.10 Å². The van der Waals surface area contributed by atoms with Crippen LogP contribution in [0.4, 0.5) is 0 Å². The number of allylic oxidation sites excluding steroid dienone is 16. The lowest BCUT2D eigenvalue weighted by atomic mass is 10.0. The van der Waals surface area contributed by atoms with Crippen molar-refractivity contribution in [1.29, 1.82) is 0 Å². The van der Waals surface area contributed by atoms with Crippen molar-refractivity contribution >= 4 is 17.9 Å². The summed E-state index contributed by atoms with van der Waals surface area (Å²) in [6.45, 7) is 6.44. The van der Waals surface area contributed by atoms with E-state index in [0.717, 1.165) is 96.3 Å². The molecule has 1 atom stereocenters. The lowest BCUT2D eigenvalue weighted by Gasteiger charge is -2.18. The van der Waals surface area contributed by atoms with Crippen LogP contribution in [0.1, 0.15) is 245 Å². The van der Waals surface area contributed by atoms with Gasteiger partial charge in [0.25, 0.3) is 0 Å². The topological polar surface area (TPSA) is 78.9 Å². The summed E-state index contributed by atoms with van der Waals surface area (Å²) in [6, 6.07) is 0. The van der Waals surface area contributed by atoms with Crippen molar-refractivity contribution < 1.29 is 28.6 Å². The normalized spacial score (nSPS) is 12.8. The smallest absolute Gasteiger partial charge is 0.306 e. The summed E-state index contributed by atoms with van der Waals surface area (Å²) in [7, 11) is 0. The maximum Gasteiger partial charge on any atom is 0.306 e. The molecule has 0 radical (unpaired) electrons. The molecule has 0 N–H and O–H groups in total. The molecule has 0 amide bonds. The van der Waals surface area contributed by atoms with Crippen molar-refractivity contribution in [3.8, 4) is 0 Å². The van der Waals surface area contributed by atoms with Gasteiger partial charge in [0, 0.05) is 19.3 Å². The van der Waals surface area contributed by atoms with Gasteiger partial charge in [-0.2, -0.15) is 0 Å². The maximum atomic E-state index is 12.8. The fourth-order valence-electron chi connectivity index (χ4n) is 7.25. The van der Waals surface area contributed by atoms with E-state index in [1.165, 1.54) is 103 Å². The van der Waals surface area contributed by atoms with Crippen molar-refractivity contribution in [2.24, 2.45) is 0 Å². The Bertz CT molecular complexity index is 1330. The van der Waals surface area contributed by atoms with Crippen LogP contribution in [0, 0.1) is 0 Å². The van der Waals surface area contributed by atoms with Crippen LogP contribution in [0.25, 0.3) is 0 Å². The van der Waals surface area contributed by atoms with E-state index in [1.807, 2.05) is 0 Å². The van der Waals surface area contributed by atoms with E-state index in [-0.39, 0.29) is 37.5 Å². The Morgan fingerprint density at radius 1 is 0.318 bits per heavy atom. The molecule has 0 spiro atoms. The first-order chi connectivity index (χ1) is 32.5. The largest absolute Gasteiger partial charge is 0.462 e. The lowest BCUT2D eigenvalue weighted by molar-refractivity contribution is -0.167. The van der Waals surface area contributed by atoms with Gasteiger partial charge in [-0.3, -0.25) is 14.4 Å². The zero-order valence-corrected chi connectivity index (χ0v) is 42.9. The fraction of sp³-hybridized carbons (Fsp3) is 0.683. The van der Waals surface area contributed by atoms with Crippen LogP contribution in [0.2, 0.25) is 0 Å². The van der Waals surface area contributed by atoms with Gasteiger partial charge in [-0.15, -0.1) is 0 Å². The van der Waals surface area contributed by atoms with E-state index in [1.54, 1.807) is 0 Å². The first-order valence-electron chi connectivity index (χ1n) is 27.2. The first kappa shape index (κ1) is 62.3. The fourth-order valence-corrected chi connectivity index (χ4v) is 7.25. The Hall–Kier alpha value is -3.67. The molecule has 0 saturated heterocycles.